The van der Waals surface area contributed by atoms with Gasteiger partial charge < -0.3 is 0 Å². The lowest BCUT2D eigenvalue weighted by Gasteiger charge is -2.55. The van der Waals surface area contributed by atoms with Gasteiger partial charge in [-0.2, -0.15) is 13.2 Å². The van der Waals surface area contributed by atoms with Crippen LogP contribution in [0.4, 0.5) is 13.2 Å². The monoisotopic (exact) mass is 280 g/mol. The summed E-state index contributed by atoms with van der Waals surface area (Å²) in [5.41, 5.74) is 0.948. The Kier molecular flexibility index (Phi) is 2.83. The summed E-state index contributed by atoms with van der Waals surface area (Å²) in [4.78, 5) is 0. The summed E-state index contributed by atoms with van der Waals surface area (Å²) >= 11 is 0. The van der Waals surface area contributed by atoms with Crippen LogP contribution >= 0.6 is 0 Å². The number of fused-ring (bicyclic) bond motifs is 2. The molecule has 0 spiro atoms. The Morgan fingerprint density at radius 2 is 1.40 bits per heavy atom. The highest BCUT2D eigenvalue weighted by Gasteiger charge is 2.63. The van der Waals surface area contributed by atoms with E-state index < -0.39 is 11.6 Å². The minimum atomic E-state index is -4.12. The molecule has 1 aromatic carbocycles. The van der Waals surface area contributed by atoms with Crippen molar-refractivity contribution in [3.63, 3.8) is 0 Å². The molecule has 0 aliphatic heterocycles. The zero-order valence-electron chi connectivity index (χ0n) is 11.8. The van der Waals surface area contributed by atoms with Crippen molar-refractivity contribution in [3.05, 3.63) is 47.0 Å². The summed E-state index contributed by atoms with van der Waals surface area (Å²) in [5.74, 6) is 0. The zero-order chi connectivity index (χ0) is 14.6. The first-order chi connectivity index (χ1) is 9.33. The van der Waals surface area contributed by atoms with Gasteiger partial charge in [0.1, 0.15) is 0 Å². The molecule has 1 aromatic rings. The van der Waals surface area contributed by atoms with Gasteiger partial charge in [-0.15, -0.1) is 0 Å². The number of rotatable bonds is 1. The van der Waals surface area contributed by atoms with E-state index in [2.05, 4.69) is 12.1 Å². The van der Waals surface area contributed by atoms with Crippen molar-refractivity contribution in [2.24, 2.45) is 5.41 Å². The van der Waals surface area contributed by atoms with E-state index >= 15 is 0 Å². The lowest BCUT2D eigenvalue weighted by Crippen LogP contribution is -2.52. The molecule has 0 saturated heterocycles. The van der Waals surface area contributed by atoms with Gasteiger partial charge in [-0.25, -0.2) is 0 Å². The molecule has 4 rings (SSSR count). The van der Waals surface area contributed by atoms with Gasteiger partial charge in [0.15, 0.2) is 0 Å². The van der Waals surface area contributed by atoms with Crippen LogP contribution in [-0.2, 0) is 5.41 Å². The first-order valence-corrected chi connectivity index (χ1v) is 7.14. The molecular weight excluding hydrogens is 261 g/mol. The molecule has 3 aliphatic rings. The molecule has 0 unspecified atom stereocenters. The minimum Gasteiger partial charge on any atom is -0.170 e. The lowest BCUT2D eigenvalue weighted by atomic mass is 9.50. The van der Waals surface area contributed by atoms with Crippen LogP contribution in [-0.4, -0.2) is 6.18 Å². The highest BCUT2D eigenvalue weighted by molar-refractivity contribution is 5.45. The van der Waals surface area contributed by atoms with E-state index in [4.69, 9.17) is 0 Å². The van der Waals surface area contributed by atoms with E-state index in [-0.39, 0.29) is 18.3 Å². The Morgan fingerprint density at radius 3 is 1.90 bits per heavy atom. The van der Waals surface area contributed by atoms with Crippen LogP contribution in [0, 0.1) is 5.41 Å². The molecule has 0 atom stereocenters. The molecule has 3 aliphatic carbocycles. The van der Waals surface area contributed by atoms with Gasteiger partial charge in [-0.1, -0.05) is 41.5 Å². The van der Waals surface area contributed by atoms with Gasteiger partial charge >= 0.3 is 6.18 Å². The largest absolute Gasteiger partial charge is 0.398 e. The predicted octanol–water partition coefficient (Wildman–Crippen LogP) is 5.40. The van der Waals surface area contributed by atoms with Gasteiger partial charge in [0.05, 0.1) is 5.41 Å². The highest BCUT2D eigenvalue weighted by atomic mass is 19.4. The van der Waals surface area contributed by atoms with E-state index in [9.17, 15) is 13.2 Å². The second-order valence-corrected chi connectivity index (χ2v) is 6.28. The first kappa shape index (κ1) is 13.7. The molecular formula is C17H19F3. The van der Waals surface area contributed by atoms with Gasteiger partial charge in [-0.05, 0) is 45.1 Å². The number of hydrogen-bond acceptors (Lipinski definition) is 0. The fraction of sp³-hybridized carbons (Fsp3) is 0.529. The topological polar surface area (TPSA) is 0 Å². The average Bonchev–Trinajstić information content (AvgIpc) is 2.44. The highest BCUT2D eigenvalue weighted by Crippen LogP contribution is 2.65. The summed E-state index contributed by atoms with van der Waals surface area (Å²) < 4.78 is 40.6. The standard InChI is InChI=1S/C17H19F3/c1-12-13(2)16(17(18,19)20)10-8-15(12,9-11-16)14-6-4-3-5-7-14/h3-7H,8-11H2,1-2H3. The molecule has 3 heteroatoms. The summed E-state index contributed by atoms with van der Waals surface area (Å²) in [6, 6.07) is 10.0. The van der Waals surface area contributed by atoms with Crippen LogP contribution in [0.1, 0.15) is 45.1 Å². The van der Waals surface area contributed by atoms with Crippen molar-refractivity contribution in [2.75, 3.05) is 0 Å². The molecule has 0 heterocycles. The third kappa shape index (κ3) is 1.55. The maximum atomic E-state index is 13.5. The van der Waals surface area contributed by atoms with Gasteiger partial charge in [0, 0.05) is 5.41 Å². The number of benzene rings is 1. The summed E-state index contributed by atoms with van der Waals surface area (Å²) in [6.07, 6.45) is -2.44. The molecule has 0 N–H and O–H groups in total. The minimum absolute atomic E-state index is 0.168. The fourth-order valence-corrected chi connectivity index (χ4v) is 4.33. The van der Waals surface area contributed by atoms with E-state index in [1.54, 1.807) is 6.92 Å². The van der Waals surface area contributed by atoms with Gasteiger partial charge in [-0.3, -0.25) is 0 Å². The van der Waals surface area contributed by atoms with Gasteiger partial charge in [0.25, 0.3) is 0 Å². The van der Waals surface area contributed by atoms with E-state index in [1.165, 1.54) is 5.56 Å². The fourth-order valence-electron chi connectivity index (χ4n) is 4.33. The lowest BCUT2D eigenvalue weighted by molar-refractivity contribution is -0.226. The number of allylic oxidation sites excluding steroid dienone is 2. The molecule has 0 radical (unpaired) electrons. The Bertz CT molecular complexity index is 543. The molecule has 108 valence electrons. The second kappa shape index (κ2) is 4.12. The summed E-state index contributed by atoms with van der Waals surface area (Å²) in [7, 11) is 0. The van der Waals surface area contributed by atoms with Crippen LogP contribution < -0.4 is 0 Å². The van der Waals surface area contributed by atoms with Crippen LogP contribution in [0.2, 0.25) is 0 Å². The average molecular weight is 280 g/mol. The van der Waals surface area contributed by atoms with Crippen molar-refractivity contribution < 1.29 is 13.2 Å². The second-order valence-electron chi connectivity index (χ2n) is 6.28. The molecule has 2 bridgehead atoms. The van der Waals surface area contributed by atoms with Crippen molar-refractivity contribution >= 4 is 0 Å². The van der Waals surface area contributed by atoms with Crippen LogP contribution in [0.5, 0.6) is 0 Å². The molecule has 20 heavy (non-hydrogen) atoms. The van der Waals surface area contributed by atoms with Crippen LogP contribution in [0.3, 0.4) is 0 Å². The molecule has 0 amide bonds. The third-order valence-corrected chi connectivity index (χ3v) is 5.82. The van der Waals surface area contributed by atoms with Crippen LogP contribution in [0.15, 0.2) is 41.5 Å². The van der Waals surface area contributed by atoms with Crippen molar-refractivity contribution in [2.45, 2.75) is 51.1 Å². The van der Waals surface area contributed by atoms with Crippen molar-refractivity contribution in [1.82, 2.24) is 0 Å². The van der Waals surface area contributed by atoms with E-state index in [1.807, 2.05) is 25.1 Å². The third-order valence-electron chi connectivity index (χ3n) is 5.82. The maximum absolute atomic E-state index is 13.5. The van der Waals surface area contributed by atoms with Crippen molar-refractivity contribution in [1.29, 1.82) is 0 Å². The Morgan fingerprint density at radius 1 is 0.850 bits per heavy atom. The molecule has 0 aromatic heterocycles. The molecule has 0 nitrogen and oxygen atoms in total. The molecule has 1 saturated carbocycles. The van der Waals surface area contributed by atoms with Crippen LogP contribution in [0.25, 0.3) is 0 Å². The van der Waals surface area contributed by atoms with E-state index in [0.717, 1.165) is 5.57 Å². The molecule has 1 fully saturated rings. The summed E-state index contributed by atoms with van der Waals surface area (Å²) in [5, 5.41) is 0. The smallest absolute Gasteiger partial charge is 0.170 e. The Labute approximate surface area is 117 Å². The number of hydrogen-bond donors (Lipinski definition) is 0. The predicted molar refractivity (Wildman–Crippen MR) is 73.5 cm³/mol. The Balaban J connectivity index is 2.15. The zero-order valence-corrected chi connectivity index (χ0v) is 11.8. The summed E-state index contributed by atoms with van der Waals surface area (Å²) in [6.45, 7) is 3.60. The van der Waals surface area contributed by atoms with E-state index in [0.29, 0.717) is 18.4 Å². The normalized spacial score (nSPS) is 33.6. The van der Waals surface area contributed by atoms with Gasteiger partial charge in [0.2, 0.25) is 0 Å². The first-order valence-electron chi connectivity index (χ1n) is 7.14. The number of alkyl halides is 3. The maximum Gasteiger partial charge on any atom is 0.398 e. The Hall–Kier alpha value is -1.25. The number of halogens is 3. The SMILES string of the molecule is CC1=C(C)C2(C(F)(F)F)CCC1(c1ccccc1)CC2. The quantitative estimate of drug-likeness (QED) is 0.604. The van der Waals surface area contributed by atoms with Crippen molar-refractivity contribution in [3.8, 4) is 0 Å².